The third-order valence-corrected chi connectivity index (χ3v) is 5.11. The molecule has 4 rings (SSSR count). The van der Waals surface area contributed by atoms with Crippen molar-refractivity contribution in [3.8, 4) is 0 Å². The number of carbonyl (C=O) groups is 1. The minimum absolute atomic E-state index is 0.00354. The number of hydrogen-bond acceptors (Lipinski definition) is 3. The molecule has 2 saturated heterocycles. The second-order valence-electron chi connectivity index (χ2n) is 6.95. The van der Waals surface area contributed by atoms with E-state index in [0.29, 0.717) is 18.7 Å². The number of amides is 1. The van der Waals surface area contributed by atoms with Gasteiger partial charge < -0.3 is 4.90 Å². The summed E-state index contributed by atoms with van der Waals surface area (Å²) < 4.78 is 13.5. The normalized spacial score (nSPS) is 24.2. The van der Waals surface area contributed by atoms with E-state index in [2.05, 4.69) is 9.88 Å². The zero-order valence-electron chi connectivity index (χ0n) is 13.5. The average molecular weight is 325 g/mol. The lowest BCUT2D eigenvalue weighted by atomic mass is 9.86. The van der Waals surface area contributed by atoms with Crippen molar-refractivity contribution in [2.45, 2.75) is 19.4 Å². The van der Waals surface area contributed by atoms with E-state index in [1.807, 2.05) is 30.6 Å². The Morgan fingerprint density at radius 1 is 1.17 bits per heavy atom. The van der Waals surface area contributed by atoms with Crippen LogP contribution in [0.3, 0.4) is 0 Å². The molecule has 4 nitrogen and oxygen atoms in total. The van der Waals surface area contributed by atoms with Gasteiger partial charge in [-0.1, -0.05) is 6.07 Å². The molecule has 1 amide bonds. The maximum absolute atomic E-state index is 13.5. The summed E-state index contributed by atoms with van der Waals surface area (Å²) in [6.45, 7) is 3.47. The van der Waals surface area contributed by atoms with E-state index in [9.17, 15) is 9.18 Å². The van der Waals surface area contributed by atoms with Crippen LogP contribution in [0.4, 0.5) is 10.1 Å². The second-order valence-corrected chi connectivity index (χ2v) is 6.95. The first-order chi connectivity index (χ1) is 11.6. The van der Waals surface area contributed by atoms with Gasteiger partial charge in [0.25, 0.3) is 0 Å². The predicted octanol–water partition coefficient (Wildman–Crippen LogP) is 2.85. The minimum atomic E-state index is -0.299. The average Bonchev–Trinajstić information content (AvgIpc) is 3.11. The molecule has 1 aromatic heterocycles. The Balaban J connectivity index is 1.47. The Kier molecular flexibility index (Phi) is 3.81. The number of anilines is 1. The fourth-order valence-corrected chi connectivity index (χ4v) is 3.96. The number of benzene rings is 1. The molecule has 2 aliphatic rings. The molecule has 3 heterocycles. The van der Waals surface area contributed by atoms with Gasteiger partial charge in [0.15, 0.2) is 0 Å². The standard InChI is InChI=1S/C19H20FN3O/c20-16-2-1-3-17(10-16)23-14-19(11-18(23)24)6-9-22(13-19)12-15-4-7-21-8-5-15/h1-5,7-8,10H,6,9,11-14H2/t19-/m1/s1. The molecule has 2 aliphatic heterocycles. The zero-order chi connectivity index (χ0) is 16.6. The lowest BCUT2D eigenvalue weighted by Gasteiger charge is -2.24. The first-order valence-corrected chi connectivity index (χ1v) is 8.31. The number of aromatic nitrogens is 1. The summed E-state index contributed by atoms with van der Waals surface area (Å²) in [5.41, 5.74) is 1.91. The van der Waals surface area contributed by atoms with E-state index in [0.717, 1.165) is 26.1 Å². The largest absolute Gasteiger partial charge is 0.312 e. The van der Waals surface area contributed by atoms with Crippen LogP contribution in [0.1, 0.15) is 18.4 Å². The third kappa shape index (κ3) is 2.91. The lowest BCUT2D eigenvalue weighted by Crippen LogP contribution is -2.31. The first-order valence-electron chi connectivity index (χ1n) is 8.31. The molecule has 0 aliphatic carbocycles. The van der Waals surface area contributed by atoms with Gasteiger partial charge in [0.1, 0.15) is 5.82 Å². The highest BCUT2D eigenvalue weighted by Gasteiger charge is 2.47. The number of carbonyl (C=O) groups excluding carboxylic acids is 1. The Hall–Kier alpha value is -2.27. The Labute approximate surface area is 140 Å². The molecule has 24 heavy (non-hydrogen) atoms. The number of halogens is 1. The van der Waals surface area contributed by atoms with Crippen molar-refractivity contribution >= 4 is 11.6 Å². The molecular weight excluding hydrogens is 305 g/mol. The van der Waals surface area contributed by atoms with Crippen LogP contribution in [0.2, 0.25) is 0 Å². The predicted molar refractivity (Wildman–Crippen MR) is 89.9 cm³/mol. The molecule has 0 bridgehead atoms. The van der Waals surface area contributed by atoms with Crippen molar-refractivity contribution in [3.63, 3.8) is 0 Å². The third-order valence-electron chi connectivity index (χ3n) is 5.11. The van der Waals surface area contributed by atoms with Crippen LogP contribution in [0, 0.1) is 11.2 Å². The van der Waals surface area contributed by atoms with Gasteiger partial charge in [0.05, 0.1) is 0 Å². The van der Waals surface area contributed by atoms with Crippen molar-refractivity contribution in [2.24, 2.45) is 5.41 Å². The molecule has 0 unspecified atom stereocenters. The summed E-state index contributed by atoms with van der Waals surface area (Å²) >= 11 is 0. The minimum Gasteiger partial charge on any atom is -0.312 e. The molecule has 1 spiro atoms. The summed E-state index contributed by atoms with van der Waals surface area (Å²) in [7, 11) is 0. The van der Waals surface area contributed by atoms with Crippen LogP contribution in [-0.2, 0) is 11.3 Å². The van der Waals surface area contributed by atoms with E-state index in [-0.39, 0.29) is 17.1 Å². The highest BCUT2D eigenvalue weighted by atomic mass is 19.1. The van der Waals surface area contributed by atoms with Crippen molar-refractivity contribution in [1.82, 2.24) is 9.88 Å². The number of likely N-dealkylation sites (tertiary alicyclic amines) is 1. The molecule has 1 atom stereocenters. The van der Waals surface area contributed by atoms with E-state index in [4.69, 9.17) is 0 Å². The van der Waals surface area contributed by atoms with Crippen molar-refractivity contribution in [3.05, 3.63) is 60.2 Å². The van der Waals surface area contributed by atoms with Crippen molar-refractivity contribution in [2.75, 3.05) is 24.5 Å². The molecule has 0 saturated carbocycles. The monoisotopic (exact) mass is 325 g/mol. The van der Waals surface area contributed by atoms with Gasteiger partial charge in [-0.2, -0.15) is 0 Å². The van der Waals surface area contributed by atoms with Crippen molar-refractivity contribution in [1.29, 1.82) is 0 Å². The maximum Gasteiger partial charge on any atom is 0.227 e. The molecule has 5 heteroatoms. The maximum atomic E-state index is 13.5. The van der Waals surface area contributed by atoms with E-state index in [1.165, 1.54) is 17.7 Å². The van der Waals surface area contributed by atoms with E-state index >= 15 is 0 Å². The molecule has 1 aromatic carbocycles. The van der Waals surface area contributed by atoms with Gasteiger partial charge in [-0.15, -0.1) is 0 Å². The zero-order valence-corrected chi connectivity index (χ0v) is 13.5. The molecular formula is C19H20FN3O. The SMILES string of the molecule is O=C1C[C@@]2(CCN(Cc3ccncc3)C2)CN1c1cccc(F)c1. The fourth-order valence-electron chi connectivity index (χ4n) is 3.96. The van der Waals surface area contributed by atoms with Gasteiger partial charge in [0.2, 0.25) is 5.91 Å². The van der Waals surface area contributed by atoms with Crippen LogP contribution in [0.5, 0.6) is 0 Å². The lowest BCUT2D eigenvalue weighted by molar-refractivity contribution is -0.117. The molecule has 0 radical (unpaired) electrons. The van der Waals surface area contributed by atoms with Crippen LogP contribution in [-0.4, -0.2) is 35.4 Å². The molecule has 2 fully saturated rings. The van der Waals surface area contributed by atoms with E-state index in [1.54, 1.807) is 11.0 Å². The summed E-state index contributed by atoms with van der Waals surface area (Å²) in [4.78, 5) is 20.7. The highest BCUT2D eigenvalue weighted by molar-refractivity contribution is 5.96. The smallest absolute Gasteiger partial charge is 0.227 e. The summed E-state index contributed by atoms with van der Waals surface area (Å²) in [5.74, 6) is -0.196. The van der Waals surface area contributed by atoms with Crippen LogP contribution >= 0.6 is 0 Å². The van der Waals surface area contributed by atoms with Crippen LogP contribution in [0.15, 0.2) is 48.8 Å². The van der Waals surface area contributed by atoms with Crippen molar-refractivity contribution < 1.29 is 9.18 Å². The van der Waals surface area contributed by atoms with Gasteiger partial charge in [-0.05, 0) is 48.9 Å². The van der Waals surface area contributed by atoms with Gasteiger partial charge >= 0.3 is 0 Å². The van der Waals surface area contributed by atoms with Gasteiger partial charge in [-0.25, -0.2) is 4.39 Å². The number of pyridine rings is 1. The summed E-state index contributed by atoms with van der Waals surface area (Å²) in [6, 6.07) is 10.4. The van der Waals surface area contributed by atoms with Gasteiger partial charge in [0, 0.05) is 49.6 Å². The molecule has 0 N–H and O–H groups in total. The number of hydrogen-bond donors (Lipinski definition) is 0. The quantitative estimate of drug-likeness (QED) is 0.871. The number of nitrogens with zero attached hydrogens (tertiary/aromatic N) is 3. The van der Waals surface area contributed by atoms with Gasteiger partial charge in [-0.3, -0.25) is 14.7 Å². The van der Waals surface area contributed by atoms with E-state index < -0.39 is 0 Å². The molecule has 124 valence electrons. The second kappa shape index (κ2) is 5.98. The van der Waals surface area contributed by atoms with Crippen LogP contribution < -0.4 is 4.90 Å². The Bertz CT molecular complexity index is 751. The molecule has 2 aromatic rings. The Morgan fingerprint density at radius 2 is 2.00 bits per heavy atom. The summed E-state index contributed by atoms with van der Waals surface area (Å²) in [5, 5.41) is 0. The highest BCUT2D eigenvalue weighted by Crippen LogP contribution is 2.42. The Morgan fingerprint density at radius 3 is 2.79 bits per heavy atom. The van der Waals surface area contributed by atoms with Crippen LogP contribution in [0.25, 0.3) is 0 Å². The first kappa shape index (κ1) is 15.3. The summed E-state index contributed by atoms with van der Waals surface area (Å²) in [6.07, 6.45) is 5.18. The number of rotatable bonds is 3. The fraction of sp³-hybridized carbons (Fsp3) is 0.368. The topological polar surface area (TPSA) is 36.4 Å².